The van der Waals surface area contributed by atoms with E-state index in [1.165, 1.54) is 12.3 Å². The Balaban J connectivity index is 2.15. The molecule has 1 aromatic heterocycles. The molecule has 1 heterocycles. The standard InChI is InChI=1S/C13H10BrClFNO/c14-9-2-1-8(11(16)6-9)5-13(18)12-4-3-10(15)7-17-12/h1-4,6-7,13,18H,5H2. The zero-order valence-corrected chi connectivity index (χ0v) is 11.6. The van der Waals surface area contributed by atoms with Crippen molar-refractivity contribution in [1.82, 2.24) is 4.98 Å². The summed E-state index contributed by atoms with van der Waals surface area (Å²) in [7, 11) is 0. The van der Waals surface area contributed by atoms with Crippen molar-refractivity contribution in [1.29, 1.82) is 0 Å². The maximum Gasteiger partial charge on any atom is 0.127 e. The quantitative estimate of drug-likeness (QED) is 0.925. The largest absolute Gasteiger partial charge is 0.386 e. The second-order valence-corrected chi connectivity index (χ2v) is 5.21. The molecular formula is C13H10BrClFNO. The number of hydrogen-bond donors (Lipinski definition) is 1. The molecule has 1 unspecified atom stereocenters. The average Bonchev–Trinajstić information content (AvgIpc) is 2.33. The van der Waals surface area contributed by atoms with E-state index in [1.807, 2.05) is 0 Å². The number of nitrogens with zero attached hydrogens (tertiary/aromatic N) is 1. The minimum Gasteiger partial charge on any atom is -0.386 e. The van der Waals surface area contributed by atoms with Gasteiger partial charge >= 0.3 is 0 Å². The number of aliphatic hydroxyl groups excluding tert-OH is 1. The smallest absolute Gasteiger partial charge is 0.127 e. The van der Waals surface area contributed by atoms with Gasteiger partial charge in [0.05, 0.1) is 10.7 Å². The maximum atomic E-state index is 13.6. The van der Waals surface area contributed by atoms with E-state index in [4.69, 9.17) is 11.6 Å². The summed E-state index contributed by atoms with van der Waals surface area (Å²) in [5.74, 6) is -0.350. The molecule has 0 spiro atoms. The third kappa shape index (κ3) is 3.28. The summed E-state index contributed by atoms with van der Waals surface area (Å²) >= 11 is 8.90. The van der Waals surface area contributed by atoms with Crippen LogP contribution in [0.15, 0.2) is 41.0 Å². The Morgan fingerprint density at radius 2 is 2.11 bits per heavy atom. The zero-order chi connectivity index (χ0) is 13.1. The number of rotatable bonds is 3. The summed E-state index contributed by atoms with van der Waals surface area (Å²) in [4.78, 5) is 4.01. The second kappa shape index (κ2) is 5.78. The molecule has 0 amide bonds. The number of halogens is 3. The first-order valence-electron chi connectivity index (χ1n) is 5.29. The molecule has 0 fully saturated rings. The summed E-state index contributed by atoms with van der Waals surface area (Å²) in [6.45, 7) is 0. The lowest BCUT2D eigenvalue weighted by Crippen LogP contribution is -2.05. The van der Waals surface area contributed by atoms with Crippen LogP contribution in [0, 0.1) is 5.82 Å². The van der Waals surface area contributed by atoms with Crippen molar-refractivity contribution in [2.24, 2.45) is 0 Å². The topological polar surface area (TPSA) is 33.1 Å². The van der Waals surface area contributed by atoms with Crippen LogP contribution in [-0.4, -0.2) is 10.1 Å². The minimum absolute atomic E-state index is 0.174. The van der Waals surface area contributed by atoms with Gasteiger partial charge in [0.1, 0.15) is 11.9 Å². The Hall–Kier alpha value is -0.970. The Morgan fingerprint density at radius 1 is 1.33 bits per heavy atom. The van der Waals surface area contributed by atoms with Crippen LogP contribution in [0.5, 0.6) is 0 Å². The summed E-state index contributed by atoms with van der Waals surface area (Å²) in [5, 5.41) is 10.5. The number of aliphatic hydroxyl groups is 1. The second-order valence-electron chi connectivity index (χ2n) is 3.86. The molecule has 1 atom stereocenters. The van der Waals surface area contributed by atoms with Gasteiger partial charge in [0.25, 0.3) is 0 Å². The molecule has 5 heteroatoms. The summed E-state index contributed by atoms with van der Waals surface area (Å²) in [5.41, 5.74) is 0.921. The highest BCUT2D eigenvalue weighted by Crippen LogP contribution is 2.22. The molecule has 94 valence electrons. The number of benzene rings is 1. The zero-order valence-electron chi connectivity index (χ0n) is 9.28. The molecule has 2 nitrogen and oxygen atoms in total. The van der Waals surface area contributed by atoms with E-state index in [0.29, 0.717) is 20.8 Å². The third-order valence-electron chi connectivity index (χ3n) is 2.52. The van der Waals surface area contributed by atoms with Gasteiger partial charge in [-0.2, -0.15) is 0 Å². The van der Waals surface area contributed by atoms with Crippen LogP contribution in [0.25, 0.3) is 0 Å². The van der Waals surface area contributed by atoms with Crippen molar-refractivity contribution < 1.29 is 9.50 Å². The van der Waals surface area contributed by atoms with Crippen LogP contribution in [0.4, 0.5) is 4.39 Å². The highest BCUT2D eigenvalue weighted by molar-refractivity contribution is 9.10. The van der Waals surface area contributed by atoms with Crippen molar-refractivity contribution in [3.8, 4) is 0 Å². The molecule has 0 saturated heterocycles. The molecule has 0 radical (unpaired) electrons. The number of pyridine rings is 1. The van der Waals surface area contributed by atoms with E-state index in [2.05, 4.69) is 20.9 Å². The minimum atomic E-state index is -0.849. The summed E-state index contributed by atoms with van der Waals surface area (Å²) in [6.07, 6.45) is 0.782. The first-order chi connectivity index (χ1) is 8.56. The molecule has 2 aromatic rings. The van der Waals surface area contributed by atoms with Gasteiger partial charge in [0.2, 0.25) is 0 Å². The molecule has 0 aliphatic heterocycles. The van der Waals surface area contributed by atoms with E-state index in [9.17, 15) is 9.50 Å². The van der Waals surface area contributed by atoms with Gasteiger partial charge in [0.15, 0.2) is 0 Å². The van der Waals surface area contributed by atoms with Gasteiger partial charge in [0, 0.05) is 17.1 Å². The predicted molar refractivity (Wildman–Crippen MR) is 72.0 cm³/mol. The van der Waals surface area contributed by atoms with Gasteiger partial charge in [-0.25, -0.2) is 4.39 Å². The molecule has 1 N–H and O–H groups in total. The molecule has 18 heavy (non-hydrogen) atoms. The van der Waals surface area contributed by atoms with Crippen molar-refractivity contribution in [2.75, 3.05) is 0 Å². The first-order valence-corrected chi connectivity index (χ1v) is 6.47. The monoisotopic (exact) mass is 329 g/mol. The van der Waals surface area contributed by atoms with Gasteiger partial charge in [-0.05, 0) is 29.8 Å². The van der Waals surface area contributed by atoms with E-state index in [0.717, 1.165) is 0 Å². The highest BCUT2D eigenvalue weighted by Gasteiger charge is 2.13. The Morgan fingerprint density at radius 3 is 2.72 bits per heavy atom. The van der Waals surface area contributed by atoms with Crippen LogP contribution >= 0.6 is 27.5 Å². The fourth-order valence-corrected chi connectivity index (χ4v) is 2.03. The Bertz CT molecular complexity index is 547. The van der Waals surface area contributed by atoms with E-state index in [-0.39, 0.29) is 12.2 Å². The molecule has 0 aliphatic carbocycles. The lowest BCUT2D eigenvalue weighted by molar-refractivity contribution is 0.172. The SMILES string of the molecule is OC(Cc1ccc(Br)cc1F)c1ccc(Cl)cn1. The van der Waals surface area contributed by atoms with Crippen molar-refractivity contribution in [3.63, 3.8) is 0 Å². The molecule has 1 aromatic carbocycles. The van der Waals surface area contributed by atoms with Crippen molar-refractivity contribution >= 4 is 27.5 Å². The van der Waals surface area contributed by atoms with E-state index >= 15 is 0 Å². The van der Waals surface area contributed by atoms with E-state index < -0.39 is 6.10 Å². The number of aromatic nitrogens is 1. The van der Waals surface area contributed by atoms with E-state index in [1.54, 1.807) is 24.3 Å². The number of hydrogen-bond acceptors (Lipinski definition) is 2. The van der Waals surface area contributed by atoms with Gasteiger partial charge < -0.3 is 5.11 Å². The van der Waals surface area contributed by atoms with Gasteiger partial charge in [-0.3, -0.25) is 4.98 Å². The van der Waals surface area contributed by atoms with Crippen LogP contribution in [0.3, 0.4) is 0 Å². The van der Waals surface area contributed by atoms with Crippen LogP contribution in [-0.2, 0) is 6.42 Å². The molecule has 2 rings (SSSR count). The Kier molecular flexibility index (Phi) is 4.32. The van der Waals surface area contributed by atoms with Gasteiger partial charge in [-0.1, -0.05) is 33.6 Å². The summed E-state index contributed by atoms with van der Waals surface area (Å²) in [6, 6.07) is 8.02. The lowest BCUT2D eigenvalue weighted by Gasteiger charge is -2.11. The Labute approximate surface area is 118 Å². The molecule has 0 saturated carbocycles. The highest BCUT2D eigenvalue weighted by atomic mass is 79.9. The third-order valence-corrected chi connectivity index (χ3v) is 3.24. The molecule has 0 bridgehead atoms. The maximum absolute atomic E-state index is 13.6. The molecular weight excluding hydrogens is 321 g/mol. The normalized spacial score (nSPS) is 12.4. The fourth-order valence-electron chi connectivity index (χ4n) is 1.58. The summed E-state index contributed by atoms with van der Waals surface area (Å²) < 4.78 is 14.3. The average molecular weight is 331 g/mol. The fraction of sp³-hybridized carbons (Fsp3) is 0.154. The van der Waals surface area contributed by atoms with Crippen LogP contribution in [0.2, 0.25) is 5.02 Å². The molecule has 0 aliphatic rings. The predicted octanol–water partition coefficient (Wildman–Crippen LogP) is 3.91. The lowest BCUT2D eigenvalue weighted by atomic mass is 10.0. The van der Waals surface area contributed by atoms with Gasteiger partial charge in [-0.15, -0.1) is 0 Å². The van der Waals surface area contributed by atoms with Crippen molar-refractivity contribution in [3.05, 3.63) is 63.1 Å². The van der Waals surface area contributed by atoms with Crippen LogP contribution in [0.1, 0.15) is 17.4 Å². The van der Waals surface area contributed by atoms with Crippen molar-refractivity contribution in [2.45, 2.75) is 12.5 Å². The van der Waals surface area contributed by atoms with Crippen LogP contribution < -0.4 is 0 Å². The first kappa shape index (κ1) is 13.5.